The number of carbonyl (C=O) groups is 6. The minimum absolute atomic E-state index is 0.0150. The number of halogens is 2. The van der Waals surface area contributed by atoms with Crippen LogP contribution in [0.5, 0.6) is 5.75 Å². The molecule has 0 saturated heterocycles. The van der Waals surface area contributed by atoms with Crippen molar-refractivity contribution < 1.29 is 52.1 Å². The van der Waals surface area contributed by atoms with Gasteiger partial charge in [-0.15, -0.1) is 22.7 Å². The SMILES string of the molecule is C[C@@H](NC(=O)[C@@H](CC(=O)c1ccc(C(C)(C)C)s1)Cc1ccc(-c2ncc(-c3ccc(O)cc3F)cn2)cc1)C(=O)OC(C)(C)C.Cc1ccc(-c2cnc(-c3ccc(C[C@H](CC(=O)c4ccc(C(C)(C)C)s4)C(=O)N[C@H](C)C(=O)OC(C)(C)C)cc3)nc2)c(F)c1. The molecule has 0 saturated carbocycles. The Morgan fingerprint density at radius 3 is 1.17 bits per heavy atom. The third kappa shape index (κ3) is 20.2. The van der Waals surface area contributed by atoms with Crippen LogP contribution >= 0.6 is 22.7 Å². The van der Waals surface area contributed by atoms with E-state index in [9.17, 15) is 42.7 Å². The van der Waals surface area contributed by atoms with E-state index in [0.717, 1.165) is 38.1 Å². The van der Waals surface area contributed by atoms with Crippen molar-refractivity contribution >= 4 is 58.0 Å². The molecule has 484 valence electrons. The van der Waals surface area contributed by atoms with Crippen LogP contribution in [0.25, 0.3) is 45.0 Å². The van der Waals surface area contributed by atoms with Crippen LogP contribution in [-0.2, 0) is 52.3 Å². The Morgan fingerprint density at radius 1 is 0.489 bits per heavy atom. The predicted octanol–water partition coefficient (Wildman–Crippen LogP) is 15.2. The van der Waals surface area contributed by atoms with Crippen LogP contribution in [0.3, 0.4) is 0 Å². The number of nitrogens with one attached hydrogen (secondary N) is 2. The van der Waals surface area contributed by atoms with Crippen molar-refractivity contribution in [2.75, 3.05) is 0 Å². The molecule has 0 unspecified atom stereocenters. The summed E-state index contributed by atoms with van der Waals surface area (Å²) in [6, 6.07) is 29.5. The van der Waals surface area contributed by atoms with Crippen molar-refractivity contribution in [1.29, 1.82) is 0 Å². The van der Waals surface area contributed by atoms with E-state index in [0.29, 0.717) is 43.7 Å². The van der Waals surface area contributed by atoms with E-state index >= 15 is 0 Å². The Hall–Kier alpha value is -8.68. The number of phenols is 1. The van der Waals surface area contributed by atoms with Crippen molar-refractivity contribution in [3.63, 3.8) is 0 Å². The first-order chi connectivity index (χ1) is 43.0. The summed E-state index contributed by atoms with van der Waals surface area (Å²) in [7, 11) is 0. The molecule has 3 N–H and O–H groups in total. The van der Waals surface area contributed by atoms with Crippen LogP contribution in [0.4, 0.5) is 8.78 Å². The minimum atomic E-state index is -0.892. The molecule has 15 nitrogen and oxygen atoms in total. The molecule has 0 aliphatic carbocycles. The molecule has 92 heavy (non-hydrogen) atoms. The van der Waals surface area contributed by atoms with E-state index < -0.39 is 64.7 Å². The number of amides is 2. The highest BCUT2D eigenvalue weighted by atomic mass is 32.1. The Labute approximate surface area is 545 Å². The van der Waals surface area contributed by atoms with Crippen molar-refractivity contribution in [3.8, 4) is 50.8 Å². The lowest BCUT2D eigenvalue weighted by Gasteiger charge is -2.24. The molecule has 19 heteroatoms. The van der Waals surface area contributed by atoms with Gasteiger partial charge in [0.15, 0.2) is 23.2 Å². The number of phenolic OH excluding ortho intramolecular Hbond substituents is 1. The number of aromatic hydroxyl groups is 1. The zero-order chi connectivity index (χ0) is 67.6. The predicted molar refractivity (Wildman–Crippen MR) is 357 cm³/mol. The first kappa shape index (κ1) is 70.8. The van der Waals surface area contributed by atoms with E-state index in [2.05, 4.69) is 72.1 Å². The second-order valence-electron chi connectivity index (χ2n) is 27.0. The van der Waals surface area contributed by atoms with Crippen molar-refractivity contribution in [1.82, 2.24) is 30.6 Å². The Bertz CT molecular complexity index is 3660. The van der Waals surface area contributed by atoms with E-state index in [4.69, 9.17) is 9.47 Å². The van der Waals surface area contributed by atoms with Gasteiger partial charge in [-0.05, 0) is 145 Å². The van der Waals surface area contributed by atoms with E-state index in [1.54, 1.807) is 73.8 Å². The third-order valence-corrected chi connectivity index (χ3v) is 17.6. The van der Waals surface area contributed by atoms with Crippen LogP contribution in [0.15, 0.2) is 134 Å². The average Bonchev–Trinajstić information content (AvgIpc) is 1.17. The van der Waals surface area contributed by atoms with Gasteiger partial charge in [-0.3, -0.25) is 19.2 Å². The largest absolute Gasteiger partial charge is 0.508 e. The quantitative estimate of drug-likeness (QED) is 0.0479. The van der Waals surface area contributed by atoms with E-state index in [-0.39, 0.29) is 65.2 Å². The Kier molecular flexibility index (Phi) is 22.9. The highest BCUT2D eigenvalue weighted by Crippen LogP contribution is 2.34. The Morgan fingerprint density at radius 2 is 0.848 bits per heavy atom. The van der Waals surface area contributed by atoms with Gasteiger partial charge >= 0.3 is 11.9 Å². The monoisotopic (exact) mass is 1290 g/mol. The fourth-order valence-electron chi connectivity index (χ4n) is 9.48. The molecule has 4 atom stereocenters. The maximum absolute atomic E-state index is 14.4. The number of aromatic nitrogens is 4. The first-order valence-corrected chi connectivity index (χ1v) is 32.0. The molecular formula is C73H82F2N6O9S2. The van der Waals surface area contributed by atoms with Gasteiger partial charge < -0.3 is 25.2 Å². The zero-order valence-corrected chi connectivity index (χ0v) is 56.5. The number of esters is 2. The van der Waals surface area contributed by atoms with Crippen LogP contribution in [0, 0.1) is 30.4 Å². The van der Waals surface area contributed by atoms with E-state index in [1.807, 2.05) is 85.8 Å². The first-order valence-electron chi connectivity index (χ1n) is 30.4. The average molecular weight is 1290 g/mol. The summed E-state index contributed by atoms with van der Waals surface area (Å²) in [5.74, 6) is -3.79. The van der Waals surface area contributed by atoms with Gasteiger partial charge in [0.25, 0.3) is 0 Å². The molecule has 4 aromatic heterocycles. The fraction of sp³-hybridized carbons (Fsp3) is 0.370. The summed E-state index contributed by atoms with van der Waals surface area (Å²) in [6.45, 7) is 28.1. The van der Waals surface area contributed by atoms with E-state index in [1.165, 1.54) is 53.3 Å². The zero-order valence-electron chi connectivity index (χ0n) is 54.9. The molecule has 0 spiro atoms. The highest BCUT2D eigenvalue weighted by Gasteiger charge is 2.32. The Balaban J connectivity index is 0.000000261. The maximum atomic E-state index is 14.4. The summed E-state index contributed by atoms with van der Waals surface area (Å²) in [5, 5.41) is 15.0. The number of benzene rings is 4. The molecule has 0 bridgehead atoms. The number of hydrogen-bond acceptors (Lipinski definition) is 15. The second kappa shape index (κ2) is 29.7. The lowest BCUT2D eigenvalue weighted by Crippen LogP contribution is -2.45. The lowest BCUT2D eigenvalue weighted by molar-refractivity contribution is -0.159. The van der Waals surface area contributed by atoms with Crippen molar-refractivity contribution in [2.24, 2.45) is 11.8 Å². The second-order valence-corrected chi connectivity index (χ2v) is 29.2. The number of ether oxygens (including phenoxy) is 2. The number of nitrogens with zero attached hydrogens (tertiary/aromatic N) is 4. The number of carbonyl (C=O) groups excluding carboxylic acids is 6. The van der Waals surface area contributed by atoms with Gasteiger partial charge in [-0.2, -0.15) is 0 Å². The smallest absolute Gasteiger partial charge is 0.328 e. The molecular weight excluding hydrogens is 1210 g/mol. The molecule has 0 radical (unpaired) electrons. The van der Waals surface area contributed by atoms with Gasteiger partial charge in [0.2, 0.25) is 11.8 Å². The fourth-order valence-corrected chi connectivity index (χ4v) is 11.5. The number of ketones is 2. The van der Waals surface area contributed by atoms with Crippen LogP contribution in [-0.4, -0.2) is 83.6 Å². The van der Waals surface area contributed by atoms with Gasteiger partial charge in [-0.25, -0.2) is 38.3 Å². The third-order valence-electron chi connectivity index (χ3n) is 14.5. The number of rotatable bonds is 20. The number of aryl methyl sites for hydroxylation is 1. The summed E-state index contributed by atoms with van der Waals surface area (Å²) in [6.07, 6.45) is 6.71. The molecule has 8 aromatic rings. The van der Waals surface area contributed by atoms with Crippen LogP contribution in [0.1, 0.15) is 156 Å². The topological polar surface area (TPSA) is 217 Å². The van der Waals surface area contributed by atoms with Crippen LogP contribution in [0.2, 0.25) is 0 Å². The molecule has 0 aliphatic rings. The summed E-state index contributed by atoms with van der Waals surface area (Å²) >= 11 is 2.88. The lowest BCUT2D eigenvalue weighted by atomic mass is 9.92. The van der Waals surface area contributed by atoms with Crippen LogP contribution < -0.4 is 10.6 Å². The number of hydrogen-bond donors (Lipinski definition) is 3. The minimum Gasteiger partial charge on any atom is -0.508 e. The molecule has 8 rings (SSSR count). The van der Waals surface area contributed by atoms with Gasteiger partial charge in [0.1, 0.15) is 40.7 Å². The van der Waals surface area contributed by atoms with Crippen molar-refractivity contribution in [2.45, 2.75) is 164 Å². The normalized spacial score (nSPS) is 13.1. The molecule has 0 aliphatic heterocycles. The number of Topliss-reactive ketones (excluding diaryl/α,β-unsaturated/α-hetero) is 2. The van der Waals surface area contributed by atoms with Gasteiger partial charge in [0, 0.05) is 98.7 Å². The standard InChI is InChI=1S/C37H42FN3O4S.C36H40FN3O5S/c1-22-9-14-28(29(38)17-22)27-20-39-33(40-21-27)25-12-10-24(11-13-25)18-26(34(43)41-23(2)35(44)45-37(6,7)8)19-30(42)31-15-16-32(46-31)36(3,4)5;1-21(34(44)45-36(5,6)7)40-33(43)24(17-29(42)30-14-15-31(46-30)35(2,3)4)16-22-8-10-23(11-9-22)32-38-19-25(20-39-32)27-13-12-26(41)18-28(27)37/h9-17,20-21,23,26H,18-19H2,1-8H3,(H,41,43);8-15,18-21,24,41H,16-17H2,1-7H3,(H,40,43)/t23-,26-;21-,24-/m11/s1. The molecule has 2 amide bonds. The van der Waals surface area contributed by atoms with Crippen molar-refractivity contribution in [3.05, 3.63) is 182 Å². The molecule has 0 fully saturated rings. The summed E-state index contributed by atoms with van der Waals surface area (Å²) in [4.78, 5) is 100. The van der Waals surface area contributed by atoms with Gasteiger partial charge in [-0.1, -0.05) is 102 Å². The summed E-state index contributed by atoms with van der Waals surface area (Å²) < 4.78 is 39.6. The summed E-state index contributed by atoms with van der Waals surface area (Å²) in [5.41, 5.74) is 4.11. The highest BCUT2D eigenvalue weighted by molar-refractivity contribution is 7.14. The maximum Gasteiger partial charge on any atom is 0.328 e. The molecule has 4 heterocycles. The van der Waals surface area contributed by atoms with Gasteiger partial charge in [0.05, 0.1) is 9.75 Å². The molecule has 4 aromatic carbocycles. The number of thiophene rings is 2.